The van der Waals surface area contributed by atoms with Crippen molar-refractivity contribution in [2.45, 2.75) is 6.42 Å². The van der Waals surface area contributed by atoms with Gasteiger partial charge in [-0.25, -0.2) is 0 Å². The smallest absolute Gasteiger partial charge is 0.225 e. The maximum Gasteiger partial charge on any atom is 0.225 e. The third-order valence-corrected chi connectivity index (χ3v) is 4.21. The molecule has 2 aromatic carbocycles. The van der Waals surface area contributed by atoms with Crippen molar-refractivity contribution >= 4 is 28.0 Å². The Balaban J connectivity index is 1.45. The quantitative estimate of drug-likeness (QED) is 0.706. The molecule has 1 N–H and O–H groups in total. The van der Waals surface area contributed by atoms with E-state index < -0.39 is 0 Å². The Labute approximate surface area is 133 Å². The minimum atomic E-state index is 0.0320. The zero-order chi connectivity index (χ0) is 15.2. The fourth-order valence-corrected chi connectivity index (χ4v) is 2.95. The number of rotatable bonds is 6. The van der Waals surface area contributed by atoms with Crippen LogP contribution in [0.3, 0.4) is 0 Å². The van der Waals surface area contributed by atoms with Gasteiger partial charge < -0.3 is 10.1 Å². The molecule has 0 bridgehead atoms. The summed E-state index contributed by atoms with van der Waals surface area (Å²) in [6.45, 7) is 0.978. The number of fused-ring (bicyclic) bond motifs is 1. The topological polar surface area (TPSA) is 38.3 Å². The van der Waals surface area contributed by atoms with Crippen LogP contribution in [0.15, 0.2) is 60.0 Å². The minimum absolute atomic E-state index is 0.0320. The lowest BCUT2D eigenvalue weighted by Crippen LogP contribution is -2.29. The molecule has 1 aromatic heterocycles. The maximum absolute atomic E-state index is 11.7. The van der Waals surface area contributed by atoms with E-state index in [1.54, 1.807) is 11.3 Å². The van der Waals surface area contributed by atoms with E-state index in [0.717, 1.165) is 16.0 Å². The van der Waals surface area contributed by atoms with Gasteiger partial charge in [-0.05, 0) is 34.4 Å². The van der Waals surface area contributed by atoms with Crippen LogP contribution in [0.5, 0.6) is 5.75 Å². The molecule has 0 spiro atoms. The molecule has 0 radical (unpaired) electrons. The Bertz CT molecular complexity index is 753. The van der Waals surface area contributed by atoms with Gasteiger partial charge in [0.05, 0.1) is 13.0 Å². The van der Waals surface area contributed by atoms with Crippen LogP contribution in [-0.4, -0.2) is 19.1 Å². The van der Waals surface area contributed by atoms with E-state index >= 15 is 0 Å². The molecular weight excluding hydrogens is 294 g/mol. The molecule has 0 fully saturated rings. The molecule has 112 valence electrons. The Morgan fingerprint density at radius 1 is 1.05 bits per heavy atom. The standard InChI is InChI=1S/C18H17NO2S/c20-18(13-17-6-3-11-22-17)19-9-10-21-16-8-7-14-4-1-2-5-15(14)12-16/h1-8,11-12H,9-10,13H2,(H,19,20). The van der Waals surface area contributed by atoms with Crippen LogP contribution in [0, 0.1) is 0 Å². The van der Waals surface area contributed by atoms with Gasteiger partial charge in [0.2, 0.25) is 5.91 Å². The molecule has 0 saturated heterocycles. The molecule has 0 aliphatic rings. The molecule has 0 aliphatic heterocycles. The fourth-order valence-electron chi connectivity index (χ4n) is 2.25. The summed E-state index contributed by atoms with van der Waals surface area (Å²) >= 11 is 1.60. The van der Waals surface area contributed by atoms with Crippen molar-refractivity contribution in [1.82, 2.24) is 5.32 Å². The number of hydrogen-bond donors (Lipinski definition) is 1. The van der Waals surface area contributed by atoms with Gasteiger partial charge in [0.1, 0.15) is 12.4 Å². The number of ether oxygens (including phenoxy) is 1. The lowest BCUT2D eigenvalue weighted by Gasteiger charge is -2.08. The van der Waals surface area contributed by atoms with Crippen LogP contribution in [0.2, 0.25) is 0 Å². The van der Waals surface area contributed by atoms with Gasteiger partial charge in [0.25, 0.3) is 0 Å². The first-order chi connectivity index (χ1) is 10.8. The summed E-state index contributed by atoms with van der Waals surface area (Å²) in [6, 6.07) is 18.1. The normalized spacial score (nSPS) is 10.5. The second kappa shape index (κ2) is 7.09. The molecule has 3 aromatic rings. The van der Waals surface area contributed by atoms with Gasteiger partial charge in [-0.15, -0.1) is 11.3 Å². The van der Waals surface area contributed by atoms with Gasteiger partial charge in [0.15, 0.2) is 0 Å². The Hall–Kier alpha value is -2.33. The van der Waals surface area contributed by atoms with Crippen LogP contribution in [0.25, 0.3) is 10.8 Å². The van der Waals surface area contributed by atoms with Gasteiger partial charge in [-0.1, -0.05) is 36.4 Å². The average molecular weight is 311 g/mol. The third-order valence-electron chi connectivity index (χ3n) is 3.33. The Kier molecular flexibility index (Phi) is 4.71. The molecule has 3 nitrogen and oxygen atoms in total. The highest BCUT2D eigenvalue weighted by Gasteiger charge is 2.03. The first kappa shape index (κ1) is 14.6. The van der Waals surface area contributed by atoms with Gasteiger partial charge in [-0.2, -0.15) is 0 Å². The summed E-state index contributed by atoms with van der Waals surface area (Å²) < 4.78 is 5.69. The number of amides is 1. The zero-order valence-electron chi connectivity index (χ0n) is 12.1. The lowest BCUT2D eigenvalue weighted by atomic mass is 10.1. The van der Waals surface area contributed by atoms with Crippen LogP contribution in [-0.2, 0) is 11.2 Å². The largest absolute Gasteiger partial charge is 0.492 e. The second-order valence-corrected chi connectivity index (χ2v) is 6.00. The second-order valence-electron chi connectivity index (χ2n) is 4.96. The van der Waals surface area contributed by atoms with E-state index in [2.05, 4.69) is 17.4 Å². The number of benzene rings is 2. The number of carbonyl (C=O) groups excluding carboxylic acids is 1. The molecule has 3 rings (SSSR count). The number of carbonyl (C=O) groups is 1. The molecule has 0 unspecified atom stereocenters. The first-order valence-corrected chi connectivity index (χ1v) is 8.10. The van der Waals surface area contributed by atoms with Crippen molar-refractivity contribution in [3.8, 4) is 5.75 Å². The molecule has 1 amide bonds. The average Bonchev–Trinajstić information content (AvgIpc) is 3.04. The predicted molar refractivity (Wildman–Crippen MR) is 90.5 cm³/mol. The summed E-state index contributed by atoms with van der Waals surface area (Å²) in [5.74, 6) is 0.857. The maximum atomic E-state index is 11.7. The van der Waals surface area contributed by atoms with E-state index in [-0.39, 0.29) is 5.91 Å². The highest BCUT2D eigenvalue weighted by molar-refractivity contribution is 7.10. The highest BCUT2D eigenvalue weighted by Crippen LogP contribution is 2.20. The highest BCUT2D eigenvalue weighted by atomic mass is 32.1. The van der Waals surface area contributed by atoms with Gasteiger partial charge in [0, 0.05) is 4.88 Å². The summed E-state index contributed by atoms with van der Waals surface area (Å²) in [4.78, 5) is 12.8. The minimum Gasteiger partial charge on any atom is -0.492 e. The molecule has 0 atom stereocenters. The zero-order valence-corrected chi connectivity index (χ0v) is 12.9. The number of hydrogen-bond acceptors (Lipinski definition) is 3. The summed E-state index contributed by atoms with van der Waals surface area (Å²) in [6.07, 6.45) is 0.438. The van der Waals surface area contributed by atoms with E-state index in [1.165, 1.54) is 5.39 Å². The predicted octanol–water partition coefficient (Wildman–Crippen LogP) is 3.64. The van der Waals surface area contributed by atoms with Crippen LogP contribution < -0.4 is 10.1 Å². The van der Waals surface area contributed by atoms with Crippen molar-refractivity contribution in [2.24, 2.45) is 0 Å². The Morgan fingerprint density at radius 3 is 2.73 bits per heavy atom. The van der Waals surface area contributed by atoms with Crippen molar-refractivity contribution < 1.29 is 9.53 Å². The van der Waals surface area contributed by atoms with Crippen LogP contribution >= 0.6 is 11.3 Å². The van der Waals surface area contributed by atoms with Crippen LogP contribution in [0.4, 0.5) is 0 Å². The fraction of sp³-hybridized carbons (Fsp3) is 0.167. The lowest BCUT2D eigenvalue weighted by molar-refractivity contribution is -0.120. The number of nitrogens with one attached hydrogen (secondary N) is 1. The third kappa shape index (κ3) is 3.86. The Morgan fingerprint density at radius 2 is 1.91 bits per heavy atom. The summed E-state index contributed by atoms with van der Waals surface area (Å²) in [5, 5.41) is 7.20. The molecule has 22 heavy (non-hydrogen) atoms. The van der Waals surface area contributed by atoms with Gasteiger partial charge in [-0.3, -0.25) is 4.79 Å². The first-order valence-electron chi connectivity index (χ1n) is 7.22. The van der Waals surface area contributed by atoms with Crippen molar-refractivity contribution in [1.29, 1.82) is 0 Å². The van der Waals surface area contributed by atoms with E-state index in [1.807, 2.05) is 47.8 Å². The van der Waals surface area contributed by atoms with E-state index in [4.69, 9.17) is 4.74 Å². The number of thiophene rings is 1. The van der Waals surface area contributed by atoms with E-state index in [9.17, 15) is 4.79 Å². The van der Waals surface area contributed by atoms with Crippen LogP contribution in [0.1, 0.15) is 4.88 Å². The molecule has 0 aliphatic carbocycles. The van der Waals surface area contributed by atoms with E-state index in [0.29, 0.717) is 19.6 Å². The summed E-state index contributed by atoms with van der Waals surface area (Å²) in [7, 11) is 0. The van der Waals surface area contributed by atoms with Crippen molar-refractivity contribution in [3.63, 3.8) is 0 Å². The monoisotopic (exact) mass is 311 g/mol. The summed E-state index contributed by atoms with van der Waals surface area (Å²) in [5.41, 5.74) is 0. The molecular formula is C18H17NO2S. The van der Waals surface area contributed by atoms with Crippen molar-refractivity contribution in [3.05, 3.63) is 64.9 Å². The van der Waals surface area contributed by atoms with Crippen molar-refractivity contribution in [2.75, 3.05) is 13.2 Å². The molecule has 0 saturated carbocycles. The van der Waals surface area contributed by atoms with Gasteiger partial charge >= 0.3 is 0 Å². The molecule has 1 heterocycles. The molecule has 4 heteroatoms. The SMILES string of the molecule is O=C(Cc1cccs1)NCCOc1ccc2ccccc2c1.